The van der Waals surface area contributed by atoms with Gasteiger partial charge in [-0.2, -0.15) is 4.68 Å². The fourth-order valence-electron chi connectivity index (χ4n) is 3.90. The van der Waals surface area contributed by atoms with Crippen LogP contribution in [-0.4, -0.2) is 60.7 Å². The van der Waals surface area contributed by atoms with Gasteiger partial charge in [-0.25, -0.2) is 17.4 Å². The van der Waals surface area contributed by atoms with Crippen molar-refractivity contribution in [1.29, 1.82) is 0 Å². The predicted molar refractivity (Wildman–Crippen MR) is 112 cm³/mol. The third kappa shape index (κ3) is 2.84. The first-order chi connectivity index (χ1) is 14.0. The quantitative estimate of drug-likeness (QED) is 0.401. The van der Waals surface area contributed by atoms with Crippen molar-refractivity contribution in [2.45, 2.75) is 13.0 Å². The molecule has 1 atom stereocenters. The van der Waals surface area contributed by atoms with Crippen molar-refractivity contribution in [3.05, 3.63) is 38.8 Å². The number of aromatic amines is 1. The monoisotopic (exact) mass is 513 g/mol. The van der Waals surface area contributed by atoms with Crippen molar-refractivity contribution < 1.29 is 9.13 Å². The van der Waals surface area contributed by atoms with Gasteiger partial charge in [0.15, 0.2) is 11.6 Å². The number of ether oxygens (including phenoxy) is 1. The van der Waals surface area contributed by atoms with Crippen molar-refractivity contribution in [3.63, 3.8) is 0 Å². The van der Waals surface area contributed by atoms with Gasteiger partial charge in [-0.15, -0.1) is 0 Å². The average molecular weight is 513 g/mol. The third-order valence-corrected chi connectivity index (χ3v) is 6.33. The number of pyridine rings is 1. The number of rotatable bonds is 2. The molecule has 152 valence electrons. The molecule has 1 fully saturated rings. The SMILES string of the molecule is C[C@H]1COc2c(N3CCN(I)CC3)c(F)cc3c(=O)c(-n4nn[nH]c4=O)cn1c23. The maximum atomic E-state index is 15.2. The van der Waals surface area contributed by atoms with Gasteiger partial charge in [-0.05, 0) is 23.4 Å². The number of nitrogens with zero attached hydrogens (tertiary/aromatic N) is 6. The van der Waals surface area contributed by atoms with E-state index in [4.69, 9.17) is 4.74 Å². The van der Waals surface area contributed by atoms with E-state index >= 15 is 4.39 Å². The topological polar surface area (TPSA) is 101 Å². The highest BCUT2D eigenvalue weighted by atomic mass is 127. The molecule has 12 heteroatoms. The molecular formula is C17H17FIN7O3. The summed E-state index contributed by atoms with van der Waals surface area (Å²) in [7, 11) is 0. The van der Waals surface area contributed by atoms with Crippen LogP contribution in [0.5, 0.6) is 5.75 Å². The standard InChI is InChI=1S/C17H17FIN7O3/c1-9-8-29-16-13-10(6-11(18)14(16)23-2-4-24(19)5-3-23)15(27)12(7-25(9)13)26-17(28)20-21-22-26/h6-7,9H,2-5,8H2,1H3,(H,20,22,28)/t9-/m0/s1. The van der Waals surface area contributed by atoms with Crippen LogP contribution in [0.1, 0.15) is 13.0 Å². The Hall–Kier alpha value is -2.48. The summed E-state index contributed by atoms with van der Waals surface area (Å²) in [5.41, 5.74) is -0.214. The van der Waals surface area contributed by atoms with Gasteiger partial charge in [0.2, 0.25) is 5.43 Å². The number of H-pyrrole nitrogens is 1. The molecule has 10 nitrogen and oxygen atoms in total. The molecule has 5 rings (SSSR count). The second kappa shape index (κ2) is 6.79. The lowest BCUT2D eigenvalue weighted by Crippen LogP contribution is -2.43. The first-order valence-electron chi connectivity index (χ1n) is 9.16. The Morgan fingerprint density at radius 3 is 2.72 bits per heavy atom. The number of tetrazole rings is 1. The molecule has 1 aromatic carbocycles. The first-order valence-corrected chi connectivity index (χ1v) is 10.1. The fourth-order valence-corrected chi connectivity index (χ4v) is 4.34. The van der Waals surface area contributed by atoms with E-state index in [1.165, 1.54) is 6.07 Å². The molecule has 1 N–H and O–H groups in total. The van der Waals surface area contributed by atoms with Crippen LogP contribution in [0.2, 0.25) is 0 Å². The summed E-state index contributed by atoms with van der Waals surface area (Å²) in [6.45, 7) is 5.17. The van der Waals surface area contributed by atoms with Gasteiger partial charge in [-0.1, -0.05) is 0 Å². The summed E-state index contributed by atoms with van der Waals surface area (Å²) in [6.07, 6.45) is 1.57. The van der Waals surface area contributed by atoms with Gasteiger partial charge >= 0.3 is 5.69 Å². The molecule has 4 heterocycles. The van der Waals surface area contributed by atoms with Crippen LogP contribution in [0.25, 0.3) is 16.6 Å². The first kappa shape index (κ1) is 18.5. The Kier molecular flexibility index (Phi) is 4.34. The number of aromatic nitrogens is 5. The Bertz CT molecular complexity index is 1230. The highest BCUT2D eigenvalue weighted by Crippen LogP contribution is 2.42. The van der Waals surface area contributed by atoms with Crippen LogP contribution in [-0.2, 0) is 0 Å². The second-order valence-electron chi connectivity index (χ2n) is 7.16. The van der Waals surface area contributed by atoms with Crippen molar-refractivity contribution >= 4 is 39.5 Å². The molecular weight excluding hydrogens is 496 g/mol. The van der Waals surface area contributed by atoms with Gasteiger partial charge < -0.3 is 14.2 Å². The van der Waals surface area contributed by atoms with E-state index in [1.807, 2.05) is 16.4 Å². The van der Waals surface area contributed by atoms with Gasteiger partial charge in [0, 0.05) is 55.2 Å². The van der Waals surface area contributed by atoms with Crippen LogP contribution >= 0.6 is 22.9 Å². The minimum Gasteiger partial charge on any atom is -0.487 e. The zero-order chi connectivity index (χ0) is 20.3. The van der Waals surface area contributed by atoms with Gasteiger partial charge in [0.05, 0.1) is 16.9 Å². The zero-order valence-corrected chi connectivity index (χ0v) is 17.6. The molecule has 2 aliphatic heterocycles. The lowest BCUT2D eigenvalue weighted by Gasteiger charge is -2.36. The second-order valence-corrected chi connectivity index (χ2v) is 8.52. The van der Waals surface area contributed by atoms with Gasteiger partial charge in [-0.3, -0.25) is 4.79 Å². The van der Waals surface area contributed by atoms with E-state index < -0.39 is 16.9 Å². The number of benzene rings is 1. The average Bonchev–Trinajstić information content (AvgIpc) is 3.13. The Labute approximate surface area is 177 Å². The van der Waals surface area contributed by atoms with Crippen molar-refractivity contribution in [2.75, 3.05) is 37.7 Å². The minimum absolute atomic E-state index is 0.0154. The highest BCUT2D eigenvalue weighted by Gasteiger charge is 2.30. The molecule has 2 aromatic heterocycles. The molecule has 3 aromatic rings. The zero-order valence-electron chi connectivity index (χ0n) is 15.4. The Morgan fingerprint density at radius 1 is 1.28 bits per heavy atom. The molecule has 29 heavy (non-hydrogen) atoms. The van der Waals surface area contributed by atoms with E-state index in [0.717, 1.165) is 17.8 Å². The van der Waals surface area contributed by atoms with Crippen LogP contribution in [0.15, 0.2) is 21.9 Å². The van der Waals surface area contributed by atoms with Crippen LogP contribution < -0.4 is 20.8 Å². The minimum atomic E-state index is -0.636. The molecule has 0 radical (unpaired) electrons. The number of hydrogen-bond donors (Lipinski definition) is 1. The Balaban J connectivity index is 1.79. The van der Waals surface area contributed by atoms with Crippen LogP contribution in [0, 0.1) is 5.82 Å². The smallest absolute Gasteiger partial charge is 0.366 e. The van der Waals surface area contributed by atoms with Crippen molar-refractivity contribution in [2.24, 2.45) is 0 Å². The number of anilines is 1. The molecule has 0 unspecified atom stereocenters. The molecule has 0 amide bonds. The summed E-state index contributed by atoms with van der Waals surface area (Å²) < 4.78 is 26.1. The normalized spacial score (nSPS) is 19.6. The van der Waals surface area contributed by atoms with Crippen LogP contribution in [0.3, 0.4) is 0 Å². The summed E-state index contributed by atoms with van der Waals surface area (Å²) >= 11 is 2.26. The highest BCUT2D eigenvalue weighted by molar-refractivity contribution is 14.1. The van der Waals surface area contributed by atoms with Crippen molar-refractivity contribution in [3.8, 4) is 11.4 Å². The van der Waals surface area contributed by atoms with E-state index in [-0.39, 0.29) is 17.1 Å². The summed E-state index contributed by atoms with van der Waals surface area (Å²) in [5.74, 6) is -0.145. The lowest BCUT2D eigenvalue weighted by molar-refractivity contribution is 0.246. The van der Waals surface area contributed by atoms with Gasteiger partial charge in [0.25, 0.3) is 0 Å². The molecule has 0 spiro atoms. The Morgan fingerprint density at radius 2 is 2.03 bits per heavy atom. The number of halogens is 2. The van der Waals surface area contributed by atoms with E-state index in [1.54, 1.807) is 6.20 Å². The summed E-state index contributed by atoms with van der Waals surface area (Å²) in [6, 6.07) is 1.12. The largest absolute Gasteiger partial charge is 0.487 e. The van der Waals surface area contributed by atoms with Crippen molar-refractivity contribution in [1.82, 2.24) is 27.9 Å². The summed E-state index contributed by atoms with van der Waals surface area (Å²) in [4.78, 5) is 27.0. The van der Waals surface area contributed by atoms with E-state index in [9.17, 15) is 9.59 Å². The molecule has 2 aliphatic rings. The molecule has 0 bridgehead atoms. The maximum absolute atomic E-state index is 15.2. The van der Waals surface area contributed by atoms with E-state index in [2.05, 4.69) is 41.5 Å². The summed E-state index contributed by atoms with van der Waals surface area (Å²) in [5, 5.41) is 9.42. The number of hydrogen-bond acceptors (Lipinski definition) is 7. The number of piperazine rings is 1. The maximum Gasteiger partial charge on any atom is 0.366 e. The molecule has 1 saturated heterocycles. The lowest BCUT2D eigenvalue weighted by atomic mass is 10.1. The number of nitrogens with one attached hydrogen (secondary N) is 1. The van der Waals surface area contributed by atoms with Gasteiger partial charge in [0.1, 0.15) is 18.0 Å². The predicted octanol–water partition coefficient (Wildman–Crippen LogP) is 0.835. The molecule has 0 saturated carbocycles. The fraction of sp³-hybridized carbons (Fsp3) is 0.412. The third-order valence-electron chi connectivity index (χ3n) is 5.36. The van der Waals surface area contributed by atoms with E-state index in [0.29, 0.717) is 36.6 Å². The molecule has 0 aliphatic carbocycles. The van der Waals surface area contributed by atoms with Crippen LogP contribution in [0.4, 0.5) is 10.1 Å².